The molecule has 0 spiro atoms. The van der Waals surface area contributed by atoms with E-state index in [9.17, 15) is 8.42 Å². The van der Waals surface area contributed by atoms with Crippen molar-refractivity contribution in [1.82, 2.24) is 5.32 Å². The number of hydrogen-bond acceptors (Lipinski definition) is 3. The van der Waals surface area contributed by atoms with E-state index in [4.69, 9.17) is 0 Å². The van der Waals surface area contributed by atoms with Crippen LogP contribution in [-0.4, -0.2) is 20.2 Å². The number of sulfone groups is 1. The Bertz CT molecular complexity index is 555. The normalized spacial score (nSPS) is 26.2. The summed E-state index contributed by atoms with van der Waals surface area (Å²) in [4.78, 5) is 0.503. The van der Waals surface area contributed by atoms with E-state index in [0.29, 0.717) is 10.9 Å². The maximum atomic E-state index is 12.0. The first-order valence-corrected chi connectivity index (χ1v) is 7.55. The van der Waals surface area contributed by atoms with Crippen LogP contribution in [0, 0.1) is 0 Å². The van der Waals surface area contributed by atoms with Crippen molar-refractivity contribution in [1.29, 1.82) is 0 Å². The van der Waals surface area contributed by atoms with Crippen molar-refractivity contribution in [2.75, 3.05) is 5.75 Å². The topological polar surface area (TPSA) is 46.2 Å². The fraction of sp³-hybridized carbons (Fsp3) is 0.385. The minimum Gasteiger partial charge on any atom is -0.306 e. The van der Waals surface area contributed by atoms with Gasteiger partial charge < -0.3 is 5.32 Å². The lowest BCUT2D eigenvalue weighted by atomic mass is 10.1. The van der Waals surface area contributed by atoms with Crippen LogP contribution in [0.4, 0.5) is 0 Å². The van der Waals surface area contributed by atoms with Gasteiger partial charge in [0.15, 0.2) is 9.84 Å². The first-order chi connectivity index (χ1) is 8.17. The molecule has 0 saturated heterocycles. The molecule has 0 amide bonds. The molecule has 1 heterocycles. The highest BCUT2D eigenvalue weighted by Crippen LogP contribution is 2.33. The Morgan fingerprint density at radius 3 is 2.59 bits per heavy atom. The molecular formula is C13H15NO2S. The molecule has 4 heteroatoms. The zero-order valence-corrected chi connectivity index (χ0v) is 10.3. The van der Waals surface area contributed by atoms with Crippen molar-refractivity contribution < 1.29 is 8.42 Å². The molecule has 90 valence electrons. The Morgan fingerprint density at radius 1 is 1.12 bits per heavy atom. The highest BCUT2D eigenvalue weighted by atomic mass is 32.2. The molecule has 0 radical (unpaired) electrons. The monoisotopic (exact) mass is 249 g/mol. The number of hydrogen-bond donors (Lipinski definition) is 1. The highest BCUT2D eigenvalue weighted by molar-refractivity contribution is 7.91. The van der Waals surface area contributed by atoms with Gasteiger partial charge >= 0.3 is 0 Å². The maximum Gasteiger partial charge on any atom is 0.180 e. The highest BCUT2D eigenvalue weighted by Gasteiger charge is 2.35. The lowest BCUT2D eigenvalue weighted by molar-refractivity contribution is 0.474. The predicted octanol–water partition coefficient (Wildman–Crippen LogP) is 1.82. The van der Waals surface area contributed by atoms with Crippen molar-refractivity contribution in [2.45, 2.75) is 29.8 Å². The molecule has 2 aliphatic rings. The van der Waals surface area contributed by atoms with Gasteiger partial charge in [0.05, 0.1) is 10.6 Å². The van der Waals surface area contributed by atoms with Gasteiger partial charge in [-0.25, -0.2) is 8.42 Å². The molecule has 1 unspecified atom stereocenters. The van der Waals surface area contributed by atoms with Crippen molar-refractivity contribution >= 4 is 9.84 Å². The van der Waals surface area contributed by atoms with Gasteiger partial charge in [0.25, 0.3) is 0 Å². The second kappa shape index (κ2) is 3.96. The predicted molar refractivity (Wildman–Crippen MR) is 66.5 cm³/mol. The van der Waals surface area contributed by atoms with Crippen LogP contribution in [0.3, 0.4) is 0 Å². The largest absolute Gasteiger partial charge is 0.306 e. The van der Waals surface area contributed by atoms with Crippen LogP contribution in [0.5, 0.6) is 0 Å². The van der Waals surface area contributed by atoms with E-state index in [-0.39, 0.29) is 11.8 Å². The van der Waals surface area contributed by atoms with Crippen molar-refractivity contribution in [3.63, 3.8) is 0 Å². The lowest BCUT2D eigenvalue weighted by Crippen LogP contribution is -2.31. The molecule has 1 aromatic carbocycles. The van der Waals surface area contributed by atoms with Gasteiger partial charge in [0, 0.05) is 12.1 Å². The zero-order chi connectivity index (χ0) is 11.9. The molecule has 3 rings (SSSR count). The summed E-state index contributed by atoms with van der Waals surface area (Å²) >= 11 is 0. The van der Waals surface area contributed by atoms with Crippen LogP contribution in [0.1, 0.15) is 24.4 Å². The molecule has 1 aliphatic heterocycles. The second-order valence-corrected chi connectivity index (χ2v) is 6.68. The van der Waals surface area contributed by atoms with Crippen LogP contribution >= 0.6 is 0 Å². The quantitative estimate of drug-likeness (QED) is 0.813. The molecule has 17 heavy (non-hydrogen) atoms. The number of benzene rings is 1. The Kier molecular flexibility index (Phi) is 2.56. The SMILES string of the molecule is O=S1(=O)CC(NC2CC=CC2)c2ccccc21. The smallest absolute Gasteiger partial charge is 0.180 e. The Hall–Kier alpha value is -1.13. The van der Waals surface area contributed by atoms with E-state index in [1.54, 1.807) is 12.1 Å². The molecule has 1 atom stereocenters. The summed E-state index contributed by atoms with van der Waals surface area (Å²) < 4.78 is 24.0. The van der Waals surface area contributed by atoms with Crippen LogP contribution in [0.2, 0.25) is 0 Å². The van der Waals surface area contributed by atoms with E-state index in [1.807, 2.05) is 12.1 Å². The van der Waals surface area contributed by atoms with E-state index in [0.717, 1.165) is 18.4 Å². The van der Waals surface area contributed by atoms with Crippen molar-refractivity contribution in [2.24, 2.45) is 0 Å². The molecule has 1 aromatic rings. The average Bonchev–Trinajstić information content (AvgIpc) is 2.88. The summed E-state index contributed by atoms with van der Waals surface area (Å²) in [5.74, 6) is 0.197. The number of rotatable bonds is 2. The van der Waals surface area contributed by atoms with Gasteiger partial charge in [0.1, 0.15) is 0 Å². The van der Waals surface area contributed by atoms with E-state index in [1.165, 1.54) is 0 Å². The maximum absolute atomic E-state index is 12.0. The third kappa shape index (κ3) is 1.91. The summed E-state index contributed by atoms with van der Waals surface area (Å²) in [6.07, 6.45) is 6.29. The third-order valence-corrected chi connectivity index (χ3v) is 5.27. The van der Waals surface area contributed by atoms with Crippen LogP contribution in [0.25, 0.3) is 0 Å². The van der Waals surface area contributed by atoms with Gasteiger partial charge in [-0.05, 0) is 24.5 Å². The summed E-state index contributed by atoms with van der Waals surface area (Å²) in [7, 11) is -3.08. The van der Waals surface area contributed by atoms with E-state index >= 15 is 0 Å². The number of fused-ring (bicyclic) bond motifs is 1. The fourth-order valence-electron chi connectivity index (χ4n) is 2.63. The molecule has 1 aliphatic carbocycles. The van der Waals surface area contributed by atoms with Crippen LogP contribution in [0.15, 0.2) is 41.3 Å². The van der Waals surface area contributed by atoms with E-state index in [2.05, 4.69) is 17.5 Å². The average molecular weight is 249 g/mol. The molecule has 1 N–H and O–H groups in total. The molecule has 3 nitrogen and oxygen atoms in total. The van der Waals surface area contributed by atoms with Gasteiger partial charge in [-0.1, -0.05) is 30.4 Å². The number of nitrogens with one attached hydrogen (secondary N) is 1. The summed E-state index contributed by atoms with van der Waals surface area (Å²) in [6.45, 7) is 0. The summed E-state index contributed by atoms with van der Waals surface area (Å²) in [5.41, 5.74) is 0.930. The van der Waals surface area contributed by atoms with Gasteiger partial charge in [-0.15, -0.1) is 0 Å². The van der Waals surface area contributed by atoms with Gasteiger partial charge in [0.2, 0.25) is 0 Å². The summed E-state index contributed by atoms with van der Waals surface area (Å²) in [6, 6.07) is 7.67. The Labute approximate surface area is 101 Å². The first kappa shape index (κ1) is 11.0. The lowest BCUT2D eigenvalue weighted by Gasteiger charge is -2.18. The standard InChI is InChI=1S/C13H15NO2S/c15-17(16)9-12(14-10-5-1-2-6-10)11-7-3-4-8-13(11)17/h1-4,7-8,10,12,14H,5-6,9H2. The minimum absolute atomic E-state index is 0.0406. The van der Waals surface area contributed by atoms with Crippen LogP contribution < -0.4 is 5.32 Å². The molecule has 0 bridgehead atoms. The van der Waals surface area contributed by atoms with Crippen LogP contribution in [-0.2, 0) is 9.84 Å². The van der Waals surface area contributed by atoms with E-state index < -0.39 is 9.84 Å². The van der Waals surface area contributed by atoms with Gasteiger partial charge in [-0.3, -0.25) is 0 Å². The third-order valence-electron chi connectivity index (χ3n) is 3.46. The Balaban J connectivity index is 1.89. The van der Waals surface area contributed by atoms with Crippen molar-refractivity contribution in [3.05, 3.63) is 42.0 Å². The fourth-order valence-corrected chi connectivity index (χ4v) is 4.38. The Morgan fingerprint density at radius 2 is 1.82 bits per heavy atom. The summed E-state index contributed by atoms with van der Waals surface area (Å²) in [5, 5.41) is 3.45. The van der Waals surface area contributed by atoms with Gasteiger partial charge in [-0.2, -0.15) is 0 Å². The zero-order valence-electron chi connectivity index (χ0n) is 9.46. The molecule has 0 saturated carbocycles. The van der Waals surface area contributed by atoms with Crippen molar-refractivity contribution in [3.8, 4) is 0 Å². The second-order valence-electron chi connectivity index (χ2n) is 4.68. The molecule has 0 fully saturated rings. The minimum atomic E-state index is -3.08. The first-order valence-electron chi connectivity index (χ1n) is 5.89. The molecular weight excluding hydrogens is 234 g/mol. The molecule has 0 aromatic heterocycles.